The number of carbonyl (C=O) groups is 1. The smallest absolute Gasteiger partial charge is 0.330 e. The first-order valence-corrected chi connectivity index (χ1v) is 5.82. The summed E-state index contributed by atoms with van der Waals surface area (Å²) in [6.07, 6.45) is 4.16. The summed E-state index contributed by atoms with van der Waals surface area (Å²) >= 11 is 0. The molecule has 94 valence electrons. The van der Waals surface area contributed by atoms with Gasteiger partial charge in [-0.15, -0.1) is 0 Å². The van der Waals surface area contributed by atoms with Gasteiger partial charge in [0.25, 0.3) is 0 Å². The third-order valence-corrected chi connectivity index (χ3v) is 2.06. The molecule has 3 nitrogen and oxygen atoms in total. The largest absolute Gasteiger partial charge is 0.462 e. The van der Waals surface area contributed by atoms with Gasteiger partial charge in [0.15, 0.2) is 0 Å². The van der Waals surface area contributed by atoms with Crippen molar-refractivity contribution in [3.63, 3.8) is 0 Å². The average molecular weight is 228 g/mol. The Hall–Kier alpha value is -0.830. The molecule has 0 radical (unpaired) electrons. The Bertz CT molecular complexity index is 204. The molecule has 0 aromatic rings. The average Bonchev–Trinajstić information content (AvgIpc) is 2.20. The lowest BCUT2D eigenvalue weighted by molar-refractivity contribution is -0.138. The lowest BCUT2D eigenvalue weighted by Crippen LogP contribution is -2.08. The number of esters is 1. The van der Waals surface area contributed by atoms with Gasteiger partial charge in [0.05, 0.1) is 6.61 Å². The lowest BCUT2D eigenvalue weighted by atomic mass is 9.91. The summed E-state index contributed by atoms with van der Waals surface area (Å²) < 4.78 is 10.2. The number of hydrogen-bond acceptors (Lipinski definition) is 3. The van der Waals surface area contributed by atoms with Gasteiger partial charge in [-0.05, 0) is 18.3 Å². The van der Waals surface area contributed by atoms with Crippen LogP contribution in [-0.2, 0) is 14.3 Å². The van der Waals surface area contributed by atoms with E-state index in [1.54, 1.807) is 0 Å². The van der Waals surface area contributed by atoms with Gasteiger partial charge in [-0.3, -0.25) is 0 Å². The maximum Gasteiger partial charge on any atom is 0.330 e. The zero-order chi connectivity index (χ0) is 12.4. The van der Waals surface area contributed by atoms with Crippen LogP contribution in [0.3, 0.4) is 0 Å². The van der Waals surface area contributed by atoms with Crippen molar-refractivity contribution in [2.75, 3.05) is 19.8 Å². The minimum absolute atomic E-state index is 0.368. The van der Waals surface area contributed by atoms with E-state index in [1.807, 2.05) is 0 Å². The quantitative estimate of drug-likeness (QED) is 0.364. The molecular weight excluding hydrogens is 204 g/mol. The zero-order valence-electron chi connectivity index (χ0n) is 10.8. The second-order valence-corrected chi connectivity index (χ2v) is 5.00. The SMILES string of the molecule is C=CC(=O)OCCCOCCCC(C)(C)C. The standard InChI is InChI=1S/C13H24O3/c1-5-12(14)16-11-7-10-15-9-6-8-13(2,3)4/h5H,1,6-11H2,2-4H3. The van der Waals surface area contributed by atoms with E-state index in [9.17, 15) is 4.79 Å². The van der Waals surface area contributed by atoms with Crippen LogP contribution in [0.4, 0.5) is 0 Å². The van der Waals surface area contributed by atoms with Gasteiger partial charge in [0.2, 0.25) is 0 Å². The Morgan fingerprint density at radius 1 is 1.19 bits per heavy atom. The summed E-state index contributed by atoms with van der Waals surface area (Å²) in [5.41, 5.74) is 0.378. The first-order chi connectivity index (χ1) is 7.45. The van der Waals surface area contributed by atoms with Gasteiger partial charge in [0, 0.05) is 25.7 Å². The summed E-state index contributed by atoms with van der Waals surface area (Å²) in [4.78, 5) is 10.7. The van der Waals surface area contributed by atoms with Crippen LogP contribution in [0, 0.1) is 5.41 Å². The molecular formula is C13H24O3. The molecule has 0 aliphatic heterocycles. The van der Waals surface area contributed by atoms with Crippen molar-refractivity contribution < 1.29 is 14.3 Å². The molecule has 0 aliphatic carbocycles. The van der Waals surface area contributed by atoms with Crippen molar-refractivity contribution in [1.82, 2.24) is 0 Å². The molecule has 16 heavy (non-hydrogen) atoms. The molecule has 3 heteroatoms. The van der Waals surface area contributed by atoms with Crippen molar-refractivity contribution in [2.24, 2.45) is 5.41 Å². The monoisotopic (exact) mass is 228 g/mol. The first-order valence-electron chi connectivity index (χ1n) is 5.82. The topological polar surface area (TPSA) is 35.5 Å². The van der Waals surface area contributed by atoms with Crippen LogP contribution >= 0.6 is 0 Å². The van der Waals surface area contributed by atoms with Crippen molar-refractivity contribution >= 4 is 5.97 Å². The van der Waals surface area contributed by atoms with Gasteiger partial charge in [0.1, 0.15) is 0 Å². The molecule has 0 atom stereocenters. The Kier molecular flexibility index (Phi) is 7.90. The highest BCUT2D eigenvalue weighted by atomic mass is 16.5. The molecule has 0 bridgehead atoms. The van der Waals surface area contributed by atoms with E-state index in [2.05, 4.69) is 27.4 Å². The van der Waals surface area contributed by atoms with Crippen LogP contribution in [0.1, 0.15) is 40.0 Å². The van der Waals surface area contributed by atoms with Crippen molar-refractivity contribution in [2.45, 2.75) is 40.0 Å². The first kappa shape index (κ1) is 15.2. The molecule has 0 fully saturated rings. The number of carbonyl (C=O) groups excluding carboxylic acids is 1. The fourth-order valence-electron chi connectivity index (χ4n) is 1.20. The number of rotatable bonds is 8. The van der Waals surface area contributed by atoms with Crippen LogP contribution in [-0.4, -0.2) is 25.8 Å². The Balaban J connectivity index is 3.16. The normalized spacial score (nSPS) is 11.2. The summed E-state index contributed by atoms with van der Waals surface area (Å²) in [5.74, 6) is -0.368. The predicted molar refractivity (Wildman–Crippen MR) is 65.3 cm³/mol. The van der Waals surface area contributed by atoms with E-state index in [1.165, 1.54) is 12.5 Å². The molecule has 0 amide bonds. The van der Waals surface area contributed by atoms with E-state index in [0.29, 0.717) is 18.6 Å². The van der Waals surface area contributed by atoms with E-state index in [-0.39, 0.29) is 5.97 Å². The molecule has 0 heterocycles. The second-order valence-electron chi connectivity index (χ2n) is 5.00. The number of ether oxygens (including phenoxy) is 2. The number of hydrogen-bond donors (Lipinski definition) is 0. The molecule has 0 unspecified atom stereocenters. The van der Waals surface area contributed by atoms with Crippen molar-refractivity contribution in [3.8, 4) is 0 Å². The Morgan fingerprint density at radius 3 is 2.38 bits per heavy atom. The minimum Gasteiger partial charge on any atom is -0.462 e. The second kappa shape index (κ2) is 8.34. The van der Waals surface area contributed by atoms with Gasteiger partial charge >= 0.3 is 5.97 Å². The molecule has 0 spiro atoms. The summed E-state index contributed by atoms with van der Waals surface area (Å²) in [5, 5.41) is 0. The maximum absolute atomic E-state index is 10.7. The highest BCUT2D eigenvalue weighted by molar-refractivity contribution is 5.81. The minimum atomic E-state index is -0.368. The Labute approximate surface area is 98.8 Å². The van der Waals surface area contributed by atoms with Crippen LogP contribution in [0.25, 0.3) is 0 Å². The molecule has 0 aliphatic rings. The van der Waals surface area contributed by atoms with Crippen molar-refractivity contribution in [1.29, 1.82) is 0 Å². The summed E-state index contributed by atoms with van der Waals surface area (Å²) in [6.45, 7) is 11.8. The molecule has 0 saturated carbocycles. The van der Waals surface area contributed by atoms with Gasteiger partial charge < -0.3 is 9.47 Å². The third-order valence-electron chi connectivity index (χ3n) is 2.06. The van der Waals surface area contributed by atoms with Gasteiger partial charge in [-0.25, -0.2) is 4.79 Å². The van der Waals surface area contributed by atoms with E-state index in [0.717, 1.165) is 19.4 Å². The molecule has 0 saturated heterocycles. The molecule has 0 aromatic carbocycles. The Morgan fingerprint density at radius 2 is 1.81 bits per heavy atom. The van der Waals surface area contributed by atoms with Gasteiger partial charge in [-0.2, -0.15) is 0 Å². The van der Waals surface area contributed by atoms with E-state index >= 15 is 0 Å². The fourth-order valence-corrected chi connectivity index (χ4v) is 1.20. The van der Waals surface area contributed by atoms with E-state index < -0.39 is 0 Å². The van der Waals surface area contributed by atoms with Crippen LogP contribution in [0.15, 0.2) is 12.7 Å². The molecule has 0 rings (SSSR count). The summed E-state index contributed by atoms with van der Waals surface area (Å²) in [6, 6.07) is 0. The van der Waals surface area contributed by atoms with Gasteiger partial charge in [-0.1, -0.05) is 27.4 Å². The fraction of sp³-hybridized carbons (Fsp3) is 0.769. The molecule has 0 aromatic heterocycles. The zero-order valence-corrected chi connectivity index (χ0v) is 10.8. The summed E-state index contributed by atoms with van der Waals surface area (Å²) in [7, 11) is 0. The van der Waals surface area contributed by atoms with Crippen LogP contribution in [0.5, 0.6) is 0 Å². The lowest BCUT2D eigenvalue weighted by Gasteiger charge is -2.17. The van der Waals surface area contributed by atoms with Crippen LogP contribution < -0.4 is 0 Å². The predicted octanol–water partition coefficient (Wildman–Crippen LogP) is 2.95. The highest BCUT2D eigenvalue weighted by Crippen LogP contribution is 2.20. The third kappa shape index (κ3) is 11.2. The van der Waals surface area contributed by atoms with Crippen molar-refractivity contribution in [3.05, 3.63) is 12.7 Å². The maximum atomic E-state index is 10.7. The molecule has 0 N–H and O–H groups in total. The highest BCUT2D eigenvalue weighted by Gasteiger charge is 2.08. The van der Waals surface area contributed by atoms with E-state index in [4.69, 9.17) is 9.47 Å². The van der Waals surface area contributed by atoms with Crippen LogP contribution in [0.2, 0.25) is 0 Å².